The van der Waals surface area contributed by atoms with Gasteiger partial charge in [0.15, 0.2) is 0 Å². The molecule has 230 valence electrons. The zero-order chi connectivity index (χ0) is 31.2. The summed E-state index contributed by atoms with van der Waals surface area (Å²) in [4.78, 5) is 27.0. The van der Waals surface area contributed by atoms with E-state index in [4.69, 9.17) is 9.47 Å². The first-order valence-corrected chi connectivity index (χ1v) is 15.2. The van der Waals surface area contributed by atoms with Crippen LogP contribution < -0.4 is 19.9 Å². The Balaban J connectivity index is 1.30. The highest BCUT2D eigenvalue weighted by atomic mass is 16.5. The fourth-order valence-corrected chi connectivity index (χ4v) is 4.83. The largest absolute Gasteiger partial charge is 0.546 e. The predicted molar refractivity (Wildman–Crippen MR) is 172 cm³/mol. The maximum atomic E-state index is 13.3. The second kappa shape index (κ2) is 16.2. The van der Waals surface area contributed by atoms with Gasteiger partial charge in [0, 0.05) is 25.2 Å². The van der Waals surface area contributed by atoms with Gasteiger partial charge in [0.05, 0.1) is 12.6 Å². The molecule has 4 rings (SSSR count). The van der Waals surface area contributed by atoms with Crippen LogP contribution in [0.2, 0.25) is 0 Å². The van der Waals surface area contributed by atoms with E-state index in [0.717, 1.165) is 36.1 Å². The van der Waals surface area contributed by atoms with Gasteiger partial charge < -0.3 is 29.6 Å². The van der Waals surface area contributed by atoms with E-state index in [1.165, 1.54) is 12.5 Å². The van der Waals surface area contributed by atoms with Crippen molar-refractivity contribution in [2.75, 3.05) is 18.5 Å². The Kier molecular flexibility index (Phi) is 11.8. The minimum Gasteiger partial charge on any atom is -0.546 e. The number of ether oxygens (including phenoxy) is 2. The molecule has 0 aliphatic carbocycles. The van der Waals surface area contributed by atoms with Crippen molar-refractivity contribution in [1.29, 1.82) is 0 Å². The monoisotopic (exact) mass is 593 g/mol. The van der Waals surface area contributed by atoms with Crippen LogP contribution in [0.15, 0.2) is 109 Å². The molecule has 0 saturated carbocycles. The number of aliphatic carboxylic acids is 1. The van der Waals surface area contributed by atoms with Gasteiger partial charge in [-0.05, 0) is 79.3 Å². The second-order valence-electron chi connectivity index (χ2n) is 11.1. The maximum Gasteiger partial charge on any atom is 0.322 e. The molecule has 0 bridgehead atoms. The van der Waals surface area contributed by atoms with E-state index in [-0.39, 0.29) is 12.5 Å². The van der Waals surface area contributed by atoms with Crippen molar-refractivity contribution < 1.29 is 24.2 Å². The number of aryl methyl sites for hydroxylation is 1. The van der Waals surface area contributed by atoms with Gasteiger partial charge in [-0.15, -0.1) is 0 Å². The summed E-state index contributed by atoms with van der Waals surface area (Å²) in [5.41, 5.74) is 2.35. The molecule has 4 aromatic rings. The maximum absolute atomic E-state index is 13.3. The average molecular weight is 594 g/mol. The van der Waals surface area contributed by atoms with E-state index < -0.39 is 11.6 Å². The van der Waals surface area contributed by atoms with Crippen molar-refractivity contribution in [2.45, 2.75) is 58.1 Å². The van der Waals surface area contributed by atoms with Crippen molar-refractivity contribution in [2.24, 2.45) is 0 Å². The van der Waals surface area contributed by atoms with Crippen molar-refractivity contribution in [3.05, 3.63) is 126 Å². The number of nitrogens with one attached hydrogen (secondary N) is 1. The Hall–Kier alpha value is -4.78. The van der Waals surface area contributed by atoms with Crippen molar-refractivity contribution in [3.8, 4) is 11.5 Å². The van der Waals surface area contributed by atoms with E-state index in [1.54, 1.807) is 29.2 Å². The third-order valence-electron chi connectivity index (χ3n) is 7.35. The van der Waals surface area contributed by atoms with E-state index in [9.17, 15) is 14.7 Å². The van der Waals surface area contributed by atoms with E-state index in [0.29, 0.717) is 37.6 Å². The molecule has 0 spiro atoms. The molecule has 1 atom stereocenters. The number of hydrogen-bond acceptors (Lipinski definition) is 5. The number of nitrogens with zero attached hydrogens (tertiary/aromatic N) is 1. The Morgan fingerprint density at radius 3 is 2.05 bits per heavy atom. The molecule has 4 aromatic carbocycles. The molecule has 0 saturated heterocycles. The summed E-state index contributed by atoms with van der Waals surface area (Å²) in [6.45, 7) is 5.10. The highest BCUT2D eigenvalue weighted by molar-refractivity contribution is 5.89. The topological polar surface area (TPSA) is 90.9 Å². The number of unbranched alkanes of at least 4 members (excludes halogenated alkanes) is 1. The third kappa shape index (κ3) is 9.90. The zero-order valence-electron chi connectivity index (χ0n) is 25.5. The van der Waals surface area contributed by atoms with E-state index in [2.05, 4.69) is 24.4 Å². The lowest BCUT2D eigenvalue weighted by Crippen LogP contribution is -2.52. The minimum absolute atomic E-state index is 0.134. The molecule has 1 N–H and O–H groups in total. The third-order valence-corrected chi connectivity index (χ3v) is 7.35. The number of anilines is 1. The second-order valence-corrected chi connectivity index (χ2v) is 11.1. The van der Waals surface area contributed by atoms with Crippen LogP contribution in [0.3, 0.4) is 0 Å². The summed E-state index contributed by atoms with van der Waals surface area (Å²) in [5.74, 6) is -0.153. The number of benzene rings is 4. The van der Waals surface area contributed by atoms with E-state index in [1.807, 2.05) is 72.8 Å². The quantitative estimate of drug-likeness (QED) is 0.147. The number of carbonyl (C=O) groups excluding carboxylic acids is 2. The first kappa shape index (κ1) is 32.1. The number of hydrogen-bond donors (Lipinski definition) is 1. The van der Waals surface area contributed by atoms with Gasteiger partial charge in [-0.1, -0.05) is 86.1 Å². The van der Waals surface area contributed by atoms with Crippen LogP contribution in [0.1, 0.15) is 49.8 Å². The predicted octanol–water partition coefficient (Wildman–Crippen LogP) is 6.66. The number of urea groups is 1. The number of amides is 2. The molecule has 0 aromatic heterocycles. The van der Waals surface area contributed by atoms with Gasteiger partial charge >= 0.3 is 6.03 Å². The van der Waals surface area contributed by atoms with Gasteiger partial charge in [-0.25, -0.2) is 4.79 Å². The standard InChI is InChI=1S/C37H42N2O5/c1-3-4-12-29-17-21-32(22-18-29)38-36(42)39(28-31-13-7-5-8-14-31)25-11-26-43-33-23-19-30(20-24-33)27-37(2,35(40)41)44-34-15-9-6-10-16-34/h5-10,13-24H,3-4,11-12,25-28H2,1-2H3,(H,38,42)(H,40,41)/p-1. The summed E-state index contributed by atoms with van der Waals surface area (Å²) in [6.07, 6.45) is 4.10. The molecule has 0 radical (unpaired) electrons. The number of carboxylic acids is 1. The molecule has 0 fully saturated rings. The molecule has 7 heteroatoms. The molecule has 0 heterocycles. The lowest BCUT2D eigenvalue weighted by atomic mass is 9.96. The van der Waals surface area contributed by atoms with Gasteiger partial charge in [0.1, 0.15) is 17.1 Å². The number of rotatable bonds is 16. The van der Waals surface area contributed by atoms with Crippen LogP contribution in [0, 0.1) is 0 Å². The molecular formula is C37H41N2O5-. The smallest absolute Gasteiger partial charge is 0.322 e. The van der Waals surface area contributed by atoms with Gasteiger partial charge in [-0.2, -0.15) is 0 Å². The Morgan fingerprint density at radius 2 is 1.41 bits per heavy atom. The summed E-state index contributed by atoms with van der Waals surface area (Å²) in [5, 5.41) is 15.0. The Morgan fingerprint density at radius 1 is 0.773 bits per heavy atom. The lowest BCUT2D eigenvalue weighted by Gasteiger charge is -2.32. The summed E-state index contributed by atoms with van der Waals surface area (Å²) >= 11 is 0. The first-order valence-electron chi connectivity index (χ1n) is 15.2. The molecule has 7 nitrogen and oxygen atoms in total. The minimum atomic E-state index is -1.52. The highest BCUT2D eigenvalue weighted by Crippen LogP contribution is 2.23. The SMILES string of the molecule is CCCCc1ccc(NC(=O)N(CCCOc2ccc(CC(C)(Oc3ccccc3)C(=O)[O-])cc2)Cc2ccccc2)cc1. The van der Waals surface area contributed by atoms with E-state index >= 15 is 0 Å². The van der Waals surface area contributed by atoms with Crippen molar-refractivity contribution in [3.63, 3.8) is 0 Å². The van der Waals surface area contributed by atoms with Crippen LogP contribution in [0.25, 0.3) is 0 Å². The number of para-hydroxylation sites is 1. The Bertz CT molecular complexity index is 1440. The summed E-state index contributed by atoms with van der Waals surface area (Å²) in [7, 11) is 0. The molecule has 0 aliphatic rings. The Labute approximate surface area is 260 Å². The van der Waals surface area contributed by atoms with Crippen LogP contribution in [-0.2, 0) is 24.2 Å². The van der Waals surface area contributed by atoms with Crippen molar-refractivity contribution in [1.82, 2.24) is 4.90 Å². The lowest BCUT2D eigenvalue weighted by molar-refractivity contribution is -0.321. The zero-order valence-corrected chi connectivity index (χ0v) is 25.5. The normalized spacial score (nSPS) is 12.1. The molecule has 1 unspecified atom stereocenters. The fourth-order valence-electron chi connectivity index (χ4n) is 4.83. The number of carboxylic acid groups (broad SMARTS) is 1. The van der Waals surface area contributed by atoms with Crippen LogP contribution >= 0.6 is 0 Å². The number of carbonyl (C=O) groups is 2. The van der Waals surface area contributed by atoms with Crippen molar-refractivity contribution >= 4 is 17.7 Å². The molecule has 44 heavy (non-hydrogen) atoms. The van der Waals surface area contributed by atoms with Gasteiger partial charge in [0.2, 0.25) is 0 Å². The van der Waals surface area contributed by atoms with Gasteiger partial charge in [-0.3, -0.25) is 0 Å². The first-order chi connectivity index (χ1) is 21.3. The fraction of sp³-hybridized carbons (Fsp3) is 0.297. The molecular weight excluding hydrogens is 552 g/mol. The van der Waals surface area contributed by atoms with Gasteiger partial charge in [0.25, 0.3) is 0 Å². The molecule has 0 aliphatic heterocycles. The van der Waals surface area contributed by atoms with Crippen LogP contribution in [0.4, 0.5) is 10.5 Å². The van der Waals surface area contributed by atoms with Crippen LogP contribution in [-0.4, -0.2) is 35.7 Å². The average Bonchev–Trinajstić information content (AvgIpc) is 3.03. The summed E-state index contributed by atoms with van der Waals surface area (Å²) in [6, 6.07) is 33.9. The van der Waals surface area contributed by atoms with Crippen LogP contribution in [0.5, 0.6) is 11.5 Å². The highest BCUT2D eigenvalue weighted by Gasteiger charge is 2.29. The molecule has 2 amide bonds. The summed E-state index contributed by atoms with van der Waals surface area (Å²) < 4.78 is 11.7.